The summed E-state index contributed by atoms with van der Waals surface area (Å²) in [7, 11) is 0. The van der Waals surface area contributed by atoms with Crippen LogP contribution in [0.4, 0.5) is 0 Å². The van der Waals surface area contributed by atoms with E-state index in [2.05, 4.69) is 82.1 Å². The molecule has 3 aromatic carbocycles. The van der Waals surface area contributed by atoms with E-state index in [9.17, 15) is 0 Å². The monoisotopic (exact) mass is 395 g/mol. The van der Waals surface area contributed by atoms with Gasteiger partial charge in [0.05, 0.1) is 11.2 Å². The average molecular weight is 396 g/mol. The number of fused-ring (bicyclic) bond motifs is 2. The van der Waals surface area contributed by atoms with E-state index in [1.54, 1.807) is 11.3 Å². The highest BCUT2D eigenvalue weighted by atomic mass is 32.1. The van der Waals surface area contributed by atoms with Crippen molar-refractivity contribution in [3.8, 4) is 5.69 Å². The predicted molar refractivity (Wildman–Crippen MR) is 120 cm³/mol. The normalized spacial score (nSPS) is 11.6. The summed E-state index contributed by atoms with van der Waals surface area (Å²) < 4.78 is 5.44. The van der Waals surface area contributed by atoms with Crippen LogP contribution in [0.1, 0.15) is 10.6 Å². The molecule has 0 radical (unpaired) electrons. The molecule has 0 saturated carbocycles. The van der Waals surface area contributed by atoms with Gasteiger partial charge in [-0.05, 0) is 48.0 Å². The molecule has 2 heterocycles. The zero-order chi connectivity index (χ0) is 19.6. The van der Waals surface area contributed by atoms with Gasteiger partial charge in [0.25, 0.3) is 5.01 Å². The number of benzene rings is 3. The van der Waals surface area contributed by atoms with Crippen LogP contribution in [0.15, 0.2) is 85.5 Å². The van der Waals surface area contributed by atoms with Crippen LogP contribution >= 0.6 is 11.3 Å². The SMILES string of the molecule is C=CC[n+]1c(/C=C/c2ccc(-n3nnc4ccccc43)cc2)sc2ccccc21. The number of hydrogen-bond donors (Lipinski definition) is 0. The summed E-state index contributed by atoms with van der Waals surface area (Å²) in [5.74, 6) is 0. The lowest BCUT2D eigenvalue weighted by Gasteiger charge is -2.02. The van der Waals surface area contributed by atoms with E-state index in [4.69, 9.17) is 0 Å². The van der Waals surface area contributed by atoms with Crippen LogP contribution < -0.4 is 4.57 Å². The minimum Gasteiger partial charge on any atom is -0.213 e. The Morgan fingerprint density at radius 2 is 1.72 bits per heavy atom. The van der Waals surface area contributed by atoms with Crippen LogP contribution in [-0.4, -0.2) is 15.0 Å². The molecule has 0 unspecified atom stereocenters. The highest BCUT2D eigenvalue weighted by Gasteiger charge is 2.16. The van der Waals surface area contributed by atoms with Crippen molar-refractivity contribution in [3.63, 3.8) is 0 Å². The summed E-state index contributed by atoms with van der Waals surface area (Å²) in [5, 5.41) is 9.72. The quantitative estimate of drug-likeness (QED) is 0.300. The molecule has 0 N–H and O–H groups in total. The molecule has 0 aliphatic carbocycles. The highest BCUT2D eigenvalue weighted by Crippen LogP contribution is 2.22. The number of allylic oxidation sites excluding steroid dienone is 1. The Balaban J connectivity index is 1.46. The fourth-order valence-electron chi connectivity index (χ4n) is 3.45. The van der Waals surface area contributed by atoms with E-state index >= 15 is 0 Å². The second kappa shape index (κ2) is 7.45. The Labute approximate surface area is 172 Å². The van der Waals surface area contributed by atoms with Crippen molar-refractivity contribution < 1.29 is 4.57 Å². The molecule has 0 fully saturated rings. The predicted octanol–water partition coefficient (Wildman–Crippen LogP) is 5.28. The third-order valence-electron chi connectivity index (χ3n) is 4.86. The summed E-state index contributed by atoms with van der Waals surface area (Å²) >= 11 is 1.79. The average Bonchev–Trinajstić information content (AvgIpc) is 3.35. The van der Waals surface area contributed by atoms with Gasteiger partial charge in [-0.1, -0.05) is 59.5 Å². The maximum atomic E-state index is 4.28. The lowest BCUT2D eigenvalue weighted by molar-refractivity contribution is -0.658. The smallest absolute Gasteiger partial charge is 0.213 e. The Bertz CT molecular complexity index is 1340. The van der Waals surface area contributed by atoms with E-state index in [0.29, 0.717) is 0 Å². The number of thiazole rings is 1. The molecule has 0 aliphatic heterocycles. The fraction of sp³-hybridized carbons (Fsp3) is 0.0417. The fourth-order valence-corrected chi connectivity index (χ4v) is 4.52. The van der Waals surface area contributed by atoms with Gasteiger partial charge in [0.15, 0.2) is 6.54 Å². The van der Waals surface area contributed by atoms with Gasteiger partial charge in [-0.15, -0.1) is 5.10 Å². The van der Waals surface area contributed by atoms with Crippen LogP contribution in [0, 0.1) is 0 Å². The van der Waals surface area contributed by atoms with Crippen LogP contribution in [0.5, 0.6) is 0 Å². The summed E-state index contributed by atoms with van der Waals surface area (Å²) in [5.41, 5.74) is 5.28. The van der Waals surface area contributed by atoms with Crippen molar-refractivity contribution >= 4 is 44.7 Å². The van der Waals surface area contributed by atoms with Gasteiger partial charge in [-0.3, -0.25) is 0 Å². The Morgan fingerprint density at radius 1 is 0.931 bits per heavy atom. The molecule has 2 aromatic heterocycles. The molecule has 0 bridgehead atoms. The van der Waals surface area contributed by atoms with Crippen molar-refractivity contribution in [1.29, 1.82) is 0 Å². The van der Waals surface area contributed by atoms with E-state index in [-0.39, 0.29) is 0 Å². The first-order valence-corrected chi connectivity index (χ1v) is 10.3. The first-order valence-electron chi connectivity index (χ1n) is 9.45. The van der Waals surface area contributed by atoms with Crippen molar-refractivity contribution in [2.75, 3.05) is 0 Å². The van der Waals surface area contributed by atoms with Crippen molar-refractivity contribution in [1.82, 2.24) is 15.0 Å². The van der Waals surface area contributed by atoms with Crippen molar-refractivity contribution in [2.24, 2.45) is 0 Å². The number of aromatic nitrogens is 4. The number of rotatable bonds is 5. The second-order valence-corrected chi connectivity index (χ2v) is 7.78. The van der Waals surface area contributed by atoms with Gasteiger partial charge >= 0.3 is 0 Å². The van der Waals surface area contributed by atoms with Gasteiger partial charge in [0.2, 0.25) is 5.52 Å². The Kier molecular flexibility index (Phi) is 4.50. The minimum atomic E-state index is 0.794. The van der Waals surface area contributed by atoms with Crippen LogP contribution in [0.3, 0.4) is 0 Å². The van der Waals surface area contributed by atoms with E-state index in [1.807, 2.05) is 35.0 Å². The van der Waals surface area contributed by atoms with Gasteiger partial charge in [0, 0.05) is 12.1 Å². The zero-order valence-corrected chi connectivity index (χ0v) is 16.6. The molecule has 0 saturated heterocycles. The molecule has 0 aliphatic rings. The first kappa shape index (κ1) is 17.5. The Hall–Kier alpha value is -3.57. The Morgan fingerprint density at radius 3 is 2.59 bits per heavy atom. The molecule has 140 valence electrons. The van der Waals surface area contributed by atoms with Crippen molar-refractivity contribution in [3.05, 3.63) is 96.0 Å². The molecule has 0 spiro atoms. The standard InChI is InChI=1S/C24H19N4S/c1-2-17-27-22-9-5-6-10-23(22)29-24(27)16-13-18-11-14-19(15-12-18)28-21-8-4-3-7-20(21)25-26-28/h2-16H,1,17H2/q+1. The number of nitrogens with zero attached hydrogens (tertiary/aromatic N) is 4. The highest BCUT2D eigenvalue weighted by molar-refractivity contribution is 7.18. The first-order chi connectivity index (χ1) is 14.3. The molecule has 0 amide bonds. The third-order valence-corrected chi connectivity index (χ3v) is 5.99. The summed E-state index contributed by atoms with van der Waals surface area (Å²) in [6.07, 6.45) is 6.26. The molecule has 5 aromatic rings. The lowest BCUT2D eigenvalue weighted by Crippen LogP contribution is -2.33. The van der Waals surface area contributed by atoms with E-state index in [0.717, 1.165) is 28.8 Å². The molecular formula is C24H19N4S+. The molecule has 29 heavy (non-hydrogen) atoms. The van der Waals surface area contributed by atoms with Gasteiger partial charge in [0.1, 0.15) is 10.2 Å². The zero-order valence-electron chi connectivity index (χ0n) is 15.8. The maximum Gasteiger partial charge on any atom is 0.263 e. The summed E-state index contributed by atoms with van der Waals surface area (Å²) in [6, 6.07) is 24.8. The second-order valence-electron chi connectivity index (χ2n) is 6.72. The lowest BCUT2D eigenvalue weighted by atomic mass is 10.2. The number of hydrogen-bond acceptors (Lipinski definition) is 3. The molecule has 5 rings (SSSR count). The summed E-state index contributed by atoms with van der Waals surface area (Å²) in [4.78, 5) is 0. The molecule has 4 nitrogen and oxygen atoms in total. The van der Waals surface area contributed by atoms with Crippen LogP contribution in [0.2, 0.25) is 0 Å². The number of para-hydroxylation sites is 2. The summed E-state index contributed by atoms with van der Waals surface area (Å²) in [6.45, 7) is 4.70. The van der Waals surface area contributed by atoms with Crippen molar-refractivity contribution in [2.45, 2.75) is 6.54 Å². The van der Waals surface area contributed by atoms with Gasteiger partial charge in [-0.2, -0.15) is 4.57 Å². The molecule has 0 atom stereocenters. The van der Waals surface area contributed by atoms with Crippen LogP contribution in [0.25, 0.3) is 39.1 Å². The van der Waals surface area contributed by atoms with Crippen LogP contribution in [-0.2, 0) is 6.54 Å². The largest absolute Gasteiger partial charge is 0.263 e. The molecule has 5 heteroatoms. The maximum absolute atomic E-state index is 4.28. The van der Waals surface area contributed by atoms with Gasteiger partial charge < -0.3 is 0 Å². The molecular weight excluding hydrogens is 376 g/mol. The topological polar surface area (TPSA) is 34.6 Å². The minimum absolute atomic E-state index is 0.794. The van der Waals surface area contributed by atoms with Gasteiger partial charge in [-0.25, -0.2) is 4.68 Å². The third kappa shape index (κ3) is 3.26. The van der Waals surface area contributed by atoms with E-state index < -0.39 is 0 Å². The van der Waals surface area contributed by atoms with E-state index in [1.165, 1.54) is 15.2 Å².